The third-order valence-corrected chi connectivity index (χ3v) is 3.32. The van der Waals surface area contributed by atoms with Gasteiger partial charge in [-0.1, -0.05) is 11.6 Å². The van der Waals surface area contributed by atoms with E-state index in [-0.39, 0.29) is 17.9 Å². The first-order valence-corrected chi connectivity index (χ1v) is 6.95. The molecule has 0 aliphatic heterocycles. The van der Waals surface area contributed by atoms with Crippen LogP contribution in [0.25, 0.3) is 0 Å². The van der Waals surface area contributed by atoms with Gasteiger partial charge in [0.05, 0.1) is 0 Å². The molecule has 2 rings (SSSR count). The molecule has 21 heavy (non-hydrogen) atoms. The first kappa shape index (κ1) is 15.3. The van der Waals surface area contributed by atoms with Crippen molar-refractivity contribution >= 4 is 23.2 Å². The predicted molar refractivity (Wildman–Crippen MR) is 82.7 cm³/mol. The lowest BCUT2D eigenvalue weighted by Crippen LogP contribution is -2.20. The van der Waals surface area contributed by atoms with Crippen LogP contribution in [0.4, 0.5) is 5.69 Å². The van der Waals surface area contributed by atoms with E-state index in [1.165, 1.54) is 0 Å². The van der Waals surface area contributed by atoms with Gasteiger partial charge in [0.15, 0.2) is 0 Å². The van der Waals surface area contributed by atoms with E-state index in [0.29, 0.717) is 34.2 Å². The summed E-state index contributed by atoms with van der Waals surface area (Å²) in [5.74, 6) is 0.420. The number of hydrogen-bond acceptors (Lipinski definition) is 3. The van der Waals surface area contributed by atoms with Crippen LogP contribution in [0, 0.1) is 13.8 Å². The number of nitrogens with zero attached hydrogens (tertiary/aromatic N) is 1. The van der Waals surface area contributed by atoms with Crippen LogP contribution in [0.15, 0.2) is 29.1 Å². The molecule has 0 aliphatic carbocycles. The molecule has 1 aromatic carbocycles. The van der Waals surface area contributed by atoms with Crippen LogP contribution in [-0.2, 0) is 11.2 Å². The molecule has 1 heterocycles. The minimum Gasteiger partial charge on any atom is -0.326 e. The van der Waals surface area contributed by atoms with Gasteiger partial charge < -0.3 is 10.3 Å². The Morgan fingerprint density at radius 3 is 2.57 bits per heavy atom. The average Bonchev–Trinajstić information content (AvgIpc) is 2.40. The Kier molecular flexibility index (Phi) is 4.75. The summed E-state index contributed by atoms with van der Waals surface area (Å²) in [5.41, 5.74) is 1.71. The Balaban J connectivity index is 1.98. The zero-order valence-corrected chi connectivity index (χ0v) is 12.6. The van der Waals surface area contributed by atoms with Crippen molar-refractivity contribution in [2.45, 2.75) is 26.7 Å². The van der Waals surface area contributed by atoms with E-state index < -0.39 is 0 Å². The molecule has 0 radical (unpaired) electrons. The van der Waals surface area contributed by atoms with Gasteiger partial charge >= 0.3 is 0 Å². The summed E-state index contributed by atoms with van der Waals surface area (Å²) in [7, 11) is 0. The van der Waals surface area contributed by atoms with Crippen LogP contribution >= 0.6 is 11.6 Å². The second-order valence-electron chi connectivity index (χ2n) is 4.77. The highest BCUT2D eigenvalue weighted by molar-refractivity contribution is 6.30. The maximum absolute atomic E-state index is 11.9. The number of aromatic nitrogens is 2. The predicted octanol–water partition coefficient (Wildman–Crippen LogP) is 2.61. The van der Waals surface area contributed by atoms with Gasteiger partial charge in [0.25, 0.3) is 5.56 Å². The van der Waals surface area contributed by atoms with Crippen molar-refractivity contribution in [3.63, 3.8) is 0 Å². The third kappa shape index (κ3) is 4.16. The largest absolute Gasteiger partial charge is 0.326 e. The van der Waals surface area contributed by atoms with Crippen LogP contribution in [0.5, 0.6) is 0 Å². The van der Waals surface area contributed by atoms with Crippen LogP contribution in [0.3, 0.4) is 0 Å². The minimum atomic E-state index is -0.181. The summed E-state index contributed by atoms with van der Waals surface area (Å²) in [6.45, 7) is 3.50. The number of halogens is 1. The van der Waals surface area contributed by atoms with Crippen LogP contribution in [0.1, 0.15) is 23.5 Å². The van der Waals surface area contributed by atoms with Gasteiger partial charge in [-0.25, -0.2) is 4.98 Å². The van der Waals surface area contributed by atoms with E-state index in [2.05, 4.69) is 15.3 Å². The average molecular weight is 306 g/mol. The van der Waals surface area contributed by atoms with Crippen LogP contribution < -0.4 is 10.9 Å². The Hall–Kier alpha value is -2.14. The number of aryl methyl sites for hydroxylation is 2. The van der Waals surface area contributed by atoms with Gasteiger partial charge in [-0.2, -0.15) is 0 Å². The van der Waals surface area contributed by atoms with E-state index >= 15 is 0 Å². The fraction of sp³-hybridized carbons (Fsp3) is 0.267. The van der Waals surface area contributed by atoms with Crippen molar-refractivity contribution in [2.75, 3.05) is 5.32 Å². The molecule has 2 N–H and O–H groups in total. The molecule has 1 aromatic heterocycles. The van der Waals surface area contributed by atoms with E-state index in [1.54, 1.807) is 38.1 Å². The van der Waals surface area contributed by atoms with Gasteiger partial charge in [0, 0.05) is 28.4 Å². The number of aromatic amines is 1. The second-order valence-corrected chi connectivity index (χ2v) is 5.21. The van der Waals surface area contributed by atoms with Gasteiger partial charge in [-0.15, -0.1) is 0 Å². The van der Waals surface area contributed by atoms with Gasteiger partial charge in [0.1, 0.15) is 5.82 Å². The van der Waals surface area contributed by atoms with Crippen molar-refractivity contribution in [3.8, 4) is 0 Å². The fourth-order valence-electron chi connectivity index (χ4n) is 2.04. The molecular weight excluding hydrogens is 290 g/mol. The normalized spacial score (nSPS) is 10.4. The molecule has 0 unspecified atom stereocenters. The SMILES string of the molecule is Cc1nc(C)c(CCC(=O)Nc2ccc(Cl)cc2)c(=O)[nH]1. The maximum Gasteiger partial charge on any atom is 0.254 e. The molecule has 0 atom stereocenters. The smallest absolute Gasteiger partial charge is 0.254 e. The molecule has 110 valence electrons. The molecule has 0 fully saturated rings. The summed E-state index contributed by atoms with van der Waals surface area (Å²) < 4.78 is 0. The molecule has 0 spiro atoms. The Labute approximate surface area is 127 Å². The third-order valence-electron chi connectivity index (χ3n) is 3.07. The highest BCUT2D eigenvalue weighted by Crippen LogP contribution is 2.13. The summed E-state index contributed by atoms with van der Waals surface area (Å²) in [5, 5.41) is 3.37. The molecule has 2 aromatic rings. The zero-order chi connectivity index (χ0) is 15.4. The highest BCUT2D eigenvalue weighted by Gasteiger charge is 2.09. The van der Waals surface area contributed by atoms with Gasteiger partial charge in [-0.05, 0) is 44.5 Å². The number of H-pyrrole nitrogens is 1. The topological polar surface area (TPSA) is 74.8 Å². The van der Waals surface area contributed by atoms with E-state index in [9.17, 15) is 9.59 Å². The first-order valence-electron chi connectivity index (χ1n) is 6.57. The lowest BCUT2D eigenvalue weighted by molar-refractivity contribution is -0.116. The molecule has 0 aliphatic rings. The van der Waals surface area contributed by atoms with E-state index in [1.807, 2.05) is 0 Å². The van der Waals surface area contributed by atoms with Crippen molar-refractivity contribution < 1.29 is 4.79 Å². The zero-order valence-electron chi connectivity index (χ0n) is 11.9. The number of benzene rings is 1. The second kappa shape index (κ2) is 6.54. The van der Waals surface area contributed by atoms with E-state index in [4.69, 9.17) is 11.6 Å². The number of anilines is 1. The lowest BCUT2D eigenvalue weighted by Gasteiger charge is -2.07. The van der Waals surface area contributed by atoms with Crippen LogP contribution in [0.2, 0.25) is 5.02 Å². The molecule has 1 amide bonds. The number of hydrogen-bond donors (Lipinski definition) is 2. The number of amides is 1. The first-order chi connectivity index (χ1) is 9.95. The van der Waals surface area contributed by atoms with Crippen LogP contribution in [-0.4, -0.2) is 15.9 Å². The quantitative estimate of drug-likeness (QED) is 0.911. The highest BCUT2D eigenvalue weighted by atomic mass is 35.5. The number of carbonyl (C=O) groups is 1. The Morgan fingerprint density at radius 2 is 1.95 bits per heavy atom. The standard InChI is InChI=1S/C15H16ClN3O2/c1-9-13(15(21)18-10(2)17-9)7-8-14(20)19-12-5-3-11(16)4-6-12/h3-6H,7-8H2,1-2H3,(H,19,20)(H,17,18,21). The number of nitrogens with one attached hydrogen (secondary N) is 2. The van der Waals surface area contributed by atoms with Gasteiger partial charge in [-0.3, -0.25) is 9.59 Å². The summed E-state index contributed by atoms with van der Waals surface area (Å²) >= 11 is 5.78. The maximum atomic E-state index is 11.9. The van der Waals surface area contributed by atoms with Gasteiger partial charge in [0.2, 0.25) is 5.91 Å². The summed E-state index contributed by atoms with van der Waals surface area (Å²) in [4.78, 5) is 30.6. The van der Waals surface area contributed by atoms with Crippen molar-refractivity contribution in [1.29, 1.82) is 0 Å². The molecule has 0 bridgehead atoms. The Bertz CT molecular complexity index is 708. The molecular formula is C15H16ClN3O2. The Morgan fingerprint density at radius 1 is 1.29 bits per heavy atom. The number of carbonyl (C=O) groups excluding carboxylic acids is 1. The summed E-state index contributed by atoms with van der Waals surface area (Å²) in [6, 6.07) is 6.86. The van der Waals surface area contributed by atoms with E-state index in [0.717, 1.165) is 0 Å². The lowest BCUT2D eigenvalue weighted by atomic mass is 10.1. The molecule has 0 saturated heterocycles. The number of rotatable bonds is 4. The van der Waals surface area contributed by atoms with Crippen molar-refractivity contribution in [1.82, 2.24) is 9.97 Å². The van der Waals surface area contributed by atoms with Crippen molar-refractivity contribution in [3.05, 3.63) is 56.7 Å². The minimum absolute atomic E-state index is 0.156. The monoisotopic (exact) mass is 305 g/mol. The van der Waals surface area contributed by atoms with Crippen molar-refractivity contribution in [2.24, 2.45) is 0 Å². The molecule has 6 heteroatoms. The molecule has 0 saturated carbocycles. The molecule has 5 nitrogen and oxygen atoms in total. The summed E-state index contributed by atoms with van der Waals surface area (Å²) in [6.07, 6.45) is 0.575. The fourth-order valence-corrected chi connectivity index (χ4v) is 2.17.